The van der Waals surface area contributed by atoms with Crippen LogP contribution in [0.1, 0.15) is 55.7 Å². The Morgan fingerprint density at radius 1 is 1.08 bits per heavy atom. The minimum atomic E-state index is 0.185. The van der Waals surface area contributed by atoms with Crippen molar-refractivity contribution in [3.8, 4) is 0 Å². The fourth-order valence-electron chi connectivity index (χ4n) is 6.06. The molecular formula is C32H44N4O. The quantitative estimate of drug-likeness (QED) is 0.455. The van der Waals surface area contributed by atoms with E-state index < -0.39 is 0 Å². The van der Waals surface area contributed by atoms with Crippen LogP contribution in [-0.2, 0) is 17.8 Å². The van der Waals surface area contributed by atoms with Gasteiger partial charge in [-0.3, -0.25) is 9.69 Å². The number of hydrogen-bond donors (Lipinski definition) is 1. The Morgan fingerprint density at radius 3 is 2.68 bits per heavy atom. The maximum absolute atomic E-state index is 13.6. The largest absolute Gasteiger partial charge is 0.376 e. The number of nitrogens with zero attached hydrogens (tertiary/aromatic N) is 3. The topological polar surface area (TPSA) is 38.8 Å². The molecule has 0 radical (unpaired) electrons. The standard InChI is InChI=1S/C32H44N4O/c1-25(20-26-8-4-3-5-9-26)22-36(19-15-29-11-7-17-34(29)2)32(37)21-33-31-12-6-10-28-24-35(18-16-30(28)31)23-27-13-14-27/h3-6,8-10,12,20,27,29,33H,7,11,13-19,21-24H2,1-2H3/b25-20+. The van der Waals surface area contributed by atoms with Crippen LogP contribution in [0, 0.1) is 5.92 Å². The van der Waals surface area contributed by atoms with Crippen LogP contribution in [0.2, 0.25) is 0 Å². The highest BCUT2D eigenvalue weighted by atomic mass is 16.2. The molecule has 3 aliphatic rings. The van der Waals surface area contributed by atoms with Crippen molar-refractivity contribution >= 4 is 17.7 Å². The number of anilines is 1. The second-order valence-electron chi connectivity index (χ2n) is 11.5. The van der Waals surface area contributed by atoms with Crippen LogP contribution in [0.3, 0.4) is 0 Å². The summed E-state index contributed by atoms with van der Waals surface area (Å²) in [5.41, 5.74) is 6.37. The number of carbonyl (C=O) groups is 1. The summed E-state index contributed by atoms with van der Waals surface area (Å²) < 4.78 is 0. The van der Waals surface area contributed by atoms with Crippen molar-refractivity contribution in [2.45, 2.75) is 58.0 Å². The monoisotopic (exact) mass is 500 g/mol. The van der Waals surface area contributed by atoms with E-state index in [-0.39, 0.29) is 5.91 Å². The third-order valence-corrected chi connectivity index (χ3v) is 8.40. The highest BCUT2D eigenvalue weighted by Gasteiger charge is 2.27. The lowest BCUT2D eigenvalue weighted by Crippen LogP contribution is -2.40. The van der Waals surface area contributed by atoms with Gasteiger partial charge in [0.15, 0.2) is 0 Å². The number of benzene rings is 2. The third-order valence-electron chi connectivity index (χ3n) is 8.40. The van der Waals surface area contributed by atoms with E-state index in [0.717, 1.165) is 44.1 Å². The molecule has 2 aromatic rings. The SMILES string of the molecule is C/C(=C\c1ccccc1)CN(CCC1CCCN1C)C(=O)CNc1cccc2c1CCN(CC1CC1)C2. The number of nitrogens with one attached hydrogen (secondary N) is 1. The van der Waals surface area contributed by atoms with Crippen LogP contribution in [0.15, 0.2) is 54.1 Å². The lowest BCUT2D eigenvalue weighted by Gasteiger charge is -2.30. The Hall–Kier alpha value is -2.63. The van der Waals surface area contributed by atoms with Gasteiger partial charge in [-0.15, -0.1) is 0 Å². The molecule has 5 nitrogen and oxygen atoms in total. The average Bonchev–Trinajstić information content (AvgIpc) is 3.63. The third kappa shape index (κ3) is 7.24. The van der Waals surface area contributed by atoms with Crippen molar-refractivity contribution < 1.29 is 4.79 Å². The van der Waals surface area contributed by atoms with E-state index in [1.54, 1.807) is 0 Å². The van der Waals surface area contributed by atoms with Crippen molar-refractivity contribution in [2.24, 2.45) is 5.92 Å². The predicted octanol–water partition coefficient (Wildman–Crippen LogP) is 5.28. The van der Waals surface area contributed by atoms with Crippen LogP contribution in [-0.4, -0.2) is 73.0 Å². The smallest absolute Gasteiger partial charge is 0.242 e. The Morgan fingerprint density at radius 2 is 1.92 bits per heavy atom. The maximum atomic E-state index is 13.6. The lowest BCUT2D eigenvalue weighted by atomic mass is 9.97. The van der Waals surface area contributed by atoms with Crippen LogP contribution in [0.5, 0.6) is 0 Å². The van der Waals surface area contributed by atoms with Gasteiger partial charge in [-0.2, -0.15) is 0 Å². The van der Waals surface area contributed by atoms with Gasteiger partial charge in [0.1, 0.15) is 0 Å². The number of fused-ring (bicyclic) bond motifs is 1. The zero-order chi connectivity index (χ0) is 25.6. The van der Waals surface area contributed by atoms with E-state index in [0.29, 0.717) is 19.1 Å². The number of hydrogen-bond acceptors (Lipinski definition) is 4. The van der Waals surface area contributed by atoms with Gasteiger partial charge < -0.3 is 15.1 Å². The van der Waals surface area contributed by atoms with E-state index >= 15 is 0 Å². The van der Waals surface area contributed by atoms with Crippen molar-refractivity contribution in [3.63, 3.8) is 0 Å². The molecule has 2 fully saturated rings. The van der Waals surface area contributed by atoms with Gasteiger partial charge in [0.25, 0.3) is 0 Å². The first kappa shape index (κ1) is 26.0. The summed E-state index contributed by atoms with van der Waals surface area (Å²) in [5.74, 6) is 1.11. The fourth-order valence-corrected chi connectivity index (χ4v) is 6.06. The molecule has 2 aliphatic heterocycles. The maximum Gasteiger partial charge on any atom is 0.242 e. The zero-order valence-electron chi connectivity index (χ0n) is 22.8. The first-order valence-electron chi connectivity index (χ1n) is 14.3. The molecule has 1 amide bonds. The van der Waals surface area contributed by atoms with E-state index in [1.165, 1.54) is 61.0 Å². The molecule has 0 spiro atoms. The lowest BCUT2D eigenvalue weighted by molar-refractivity contribution is -0.129. The van der Waals surface area contributed by atoms with Gasteiger partial charge >= 0.3 is 0 Å². The van der Waals surface area contributed by atoms with E-state index in [9.17, 15) is 4.79 Å². The van der Waals surface area contributed by atoms with Crippen molar-refractivity contribution in [1.29, 1.82) is 0 Å². The second kappa shape index (κ2) is 12.3. The number of amides is 1. The van der Waals surface area contributed by atoms with Crippen LogP contribution in [0.4, 0.5) is 5.69 Å². The molecule has 5 heteroatoms. The molecule has 198 valence electrons. The molecule has 1 saturated carbocycles. The van der Waals surface area contributed by atoms with Crippen molar-refractivity contribution in [1.82, 2.24) is 14.7 Å². The average molecular weight is 501 g/mol. The molecular weight excluding hydrogens is 456 g/mol. The van der Waals surface area contributed by atoms with Gasteiger partial charge in [0.05, 0.1) is 6.54 Å². The Balaban J connectivity index is 1.22. The molecule has 1 atom stereocenters. The number of rotatable bonds is 11. The predicted molar refractivity (Wildman–Crippen MR) is 154 cm³/mol. The van der Waals surface area contributed by atoms with E-state index in [1.807, 2.05) is 6.07 Å². The molecule has 1 aliphatic carbocycles. The summed E-state index contributed by atoms with van der Waals surface area (Å²) in [6, 6.07) is 17.6. The molecule has 2 aromatic carbocycles. The van der Waals surface area contributed by atoms with Gasteiger partial charge in [-0.1, -0.05) is 54.1 Å². The zero-order valence-corrected chi connectivity index (χ0v) is 22.8. The van der Waals surface area contributed by atoms with Gasteiger partial charge in [-0.25, -0.2) is 0 Å². The molecule has 37 heavy (non-hydrogen) atoms. The summed E-state index contributed by atoms with van der Waals surface area (Å²) in [7, 11) is 2.22. The molecule has 5 rings (SSSR count). The first-order chi connectivity index (χ1) is 18.0. The summed E-state index contributed by atoms with van der Waals surface area (Å²) >= 11 is 0. The van der Waals surface area contributed by atoms with Gasteiger partial charge in [0.2, 0.25) is 5.91 Å². The van der Waals surface area contributed by atoms with Gasteiger partial charge in [0, 0.05) is 44.5 Å². The normalized spacial score (nSPS) is 20.6. The molecule has 1 unspecified atom stereocenters. The molecule has 1 N–H and O–H groups in total. The Kier molecular flexibility index (Phi) is 8.62. The molecule has 2 heterocycles. The van der Waals surface area contributed by atoms with Crippen LogP contribution < -0.4 is 5.32 Å². The Bertz CT molecular complexity index is 1080. The molecule has 1 saturated heterocycles. The minimum Gasteiger partial charge on any atom is -0.376 e. The highest BCUT2D eigenvalue weighted by Crippen LogP contribution is 2.33. The fraction of sp³-hybridized carbons (Fsp3) is 0.531. The van der Waals surface area contributed by atoms with Crippen LogP contribution in [0.25, 0.3) is 6.08 Å². The van der Waals surface area contributed by atoms with E-state index in [4.69, 9.17) is 0 Å². The van der Waals surface area contributed by atoms with Crippen molar-refractivity contribution in [2.75, 3.05) is 51.6 Å². The first-order valence-corrected chi connectivity index (χ1v) is 14.3. The van der Waals surface area contributed by atoms with E-state index in [2.05, 4.69) is 82.5 Å². The Labute approximate surface area is 223 Å². The minimum absolute atomic E-state index is 0.185. The molecule has 0 aromatic heterocycles. The number of likely N-dealkylation sites (tertiary alicyclic amines) is 1. The van der Waals surface area contributed by atoms with Crippen molar-refractivity contribution in [3.05, 3.63) is 70.8 Å². The second-order valence-corrected chi connectivity index (χ2v) is 11.5. The number of carbonyl (C=O) groups excluding carboxylic acids is 1. The summed E-state index contributed by atoms with van der Waals surface area (Å²) in [5, 5.41) is 3.54. The molecule has 0 bridgehead atoms. The highest BCUT2D eigenvalue weighted by molar-refractivity contribution is 5.81. The summed E-state index contributed by atoms with van der Waals surface area (Å²) in [4.78, 5) is 20.7. The summed E-state index contributed by atoms with van der Waals surface area (Å²) in [6.07, 6.45) is 9.62. The van der Waals surface area contributed by atoms with Gasteiger partial charge in [-0.05, 0) is 87.7 Å². The van der Waals surface area contributed by atoms with Crippen LogP contribution >= 0.6 is 0 Å². The summed E-state index contributed by atoms with van der Waals surface area (Å²) in [6.45, 7) is 8.56.